The van der Waals surface area contributed by atoms with Crippen molar-refractivity contribution in [2.45, 2.75) is 17.9 Å². The smallest absolute Gasteiger partial charge is 0.340 e. The minimum atomic E-state index is -3.62. The predicted molar refractivity (Wildman–Crippen MR) is 79.7 cm³/mol. The molecule has 4 nitrogen and oxygen atoms in total. The van der Waals surface area contributed by atoms with Crippen LogP contribution in [0.25, 0.3) is 0 Å². The van der Waals surface area contributed by atoms with Gasteiger partial charge in [-0.05, 0) is 31.2 Å². The number of carbonyl (C=O) groups is 1. The number of hydrogen-bond donors (Lipinski definition) is 0. The third-order valence-corrected chi connectivity index (χ3v) is 4.35. The zero-order valence-electron chi connectivity index (χ0n) is 12.4. The van der Waals surface area contributed by atoms with E-state index in [2.05, 4.69) is 0 Å². The van der Waals surface area contributed by atoms with E-state index in [9.17, 15) is 22.0 Å². The number of sulfone groups is 1. The largest absolute Gasteiger partial charge is 0.454 e. The SMILES string of the molecule is CC(OC(=O)c1ccccc1S(C)(=O)=O)c1ccc(F)cc1F. The van der Waals surface area contributed by atoms with Crippen LogP contribution in [0.1, 0.15) is 28.9 Å². The van der Waals surface area contributed by atoms with Gasteiger partial charge < -0.3 is 4.74 Å². The van der Waals surface area contributed by atoms with Gasteiger partial charge in [0.05, 0.1) is 10.5 Å². The van der Waals surface area contributed by atoms with E-state index < -0.39 is 33.5 Å². The molecule has 2 aromatic rings. The zero-order chi connectivity index (χ0) is 17.2. The highest BCUT2D eigenvalue weighted by Gasteiger charge is 2.22. The van der Waals surface area contributed by atoms with E-state index in [1.54, 1.807) is 0 Å². The summed E-state index contributed by atoms with van der Waals surface area (Å²) in [6.07, 6.45) is -0.0296. The third kappa shape index (κ3) is 3.92. The molecule has 122 valence electrons. The van der Waals surface area contributed by atoms with E-state index in [0.29, 0.717) is 6.07 Å². The molecule has 0 aromatic heterocycles. The molecule has 0 spiro atoms. The van der Waals surface area contributed by atoms with Crippen LogP contribution < -0.4 is 0 Å². The Labute approximate surface area is 132 Å². The molecule has 2 rings (SSSR count). The summed E-state index contributed by atoms with van der Waals surface area (Å²) in [7, 11) is -3.62. The minimum Gasteiger partial charge on any atom is -0.454 e. The maximum atomic E-state index is 13.7. The lowest BCUT2D eigenvalue weighted by Gasteiger charge is -2.15. The highest BCUT2D eigenvalue weighted by Crippen LogP contribution is 2.24. The van der Waals surface area contributed by atoms with Crippen LogP contribution in [0.2, 0.25) is 0 Å². The van der Waals surface area contributed by atoms with Crippen molar-refractivity contribution in [3.8, 4) is 0 Å². The molecule has 0 N–H and O–H groups in total. The van der Waals surface area contributed by atoms with Gasteiger partial charge in [-0.2, -0.15) is 0 Å². The van der Waals surface area contributed by atoms with Gasteiger partial charge in [-0.25, -0.2) is 22.0 Å². The summed E-state index contributed by atoms with van der Waals surface area (Å²) in [6, 6.07) is 8.48. The minimum absolute atomic E-state index is 0.00316. The standard InChI is InChI=1S/C16H14F2O4S/c1-10(12-8-7-11(17)9-14(12)18)22-16(19)13-5-3-4-6-15(13)23(2,20)21/h3-10H,1-2H3. The Hall–Kier alpha value is -2.28. The van der Waals surface area contributed by atoms with Crippen molar-refractivity contribution < 1.29 is 26.7 Å². The molecule has 0 aliphatic rings. The fourth-order valence-corrected chi connectivity index (χ4v) is 2.95. The zero-order valence-corrected chi connectivity index (χ0v) is 13.2. The van der Waals surface area contributed by atoms with Crippen molar-refractivity contribution in [1.29, 1.82) is 0 Å². The molecule has 0 amide bonds. The molecule has 0 fully saturated rings. The normalized spacial score (nSPS) is 12.7. The topological polar surface area (TPSA) is 60.4 Å². The van der Waals surface area contributed by atoms with Crippen molar-refractivity contribution in [3.63, 3.8) is 0 Å². The number of ether oxygens (including phenoxy) is 1. The van der Waals surface area contributed by atoms with E-state index in [0.717, 1.165) is 12.3 Å². The molecule has 0 radical (unpaired) electrons. The van der Waals surface area contributed by atoms with Crippen LogP contribution in [0, 0.1) is 11.6 Å². The van der Waals surface area contributed by atoms with Gasteiger partial charge in [0.25, 0.3) is 0 Å². The van der Waals surface area contributed by atoms with Crippen molar-refractivity contribution in [1.82, 2.24) is 0 Å². The molecular formula is C16H14F2O4S. The molecule has 23 heavy (non-hydrogen) atoms. The summed E-state index contributed by atoms with van der Waals surface area (Å²) < 4.78 is 55.1. The number of benzene rings is 2. The van der Waals surface area contributed by atoms with Crippen LogP contribution in [0.4, 0.5) is 8.78 Å². The number of halogens is 2. The third-order valence-electron chi connectivity index (χ3n) is 3.19. The highest BCUT2D eigenvalue weighted by atomic mass is 32.2. The molecule has 0 heterocycles. The van der Waals surface area contributed by atoms with E-state index in [1.807, 2.05) is 0 Å². The summed E-state index contributed by atoms with van der Waals surface area (Å²) >= 11 is 0. The summed E-state index contributed by atoms with van der Waals surface area (Å²) in [5.41, 5.74) is -0.138. The quantitative estimate of drug-likeness (QED) is 0.802. The van der Waals surface area contributed by atoms with Gasteiger partial charge in [-0.3, -0.25) is 0 Å². The summed E-state index contributed by atoms with van der Waals surface area (Å²) in [4.78, 5) is 12.0. The maximum absolute atomic E-state index is 13.7. The summed E-state index contributed by atoms with van der Waals surface area (Å²) in [5, 5.41) is 0. The molecule has 2 aromatic carbocycles. The van der Waals surface area contributed by atoms with E-state index >= 15 is 0 Å². The van der Waals surface area contributed by atoms with Crippen LogP contribution in [-0.4, -0.2) is 20.6 Å². The van der Waals surface area contributed by atoms with Crippen LogP contribution in [-0.2, 0) is 14.6 Å². The van der Waals surface area contributed by atoms with Crippen molar-refractivity contribution >= 4 is 15.8 Å². The van der Waals surface area contributed by atoms with E-state index in [4.69, 9.17) is 4.74 Å². The average molecular weight is 340 g/mol. The molecule has 1 unspecified atom stereocenters. The maximum Gasteiger partial charge on any atom is 0.340 e. The van der Waals surface area contributed by atoms with Crippen LogP contribution in [0.5, 0.6) is 0 Å². The molecule has 1 atom stereocenters. The molecule has 0 saturated carbocycles. The van der Waals surface area contributed by atoms with Crippen LogP contribution in [0.3, 0.4) is 0 Å². The van der Waals surface area contributed by atoms with Gasteiger partial charge in [0.2, 0.25) is 0 Å². The number of carbonyl (C=O) groups excluding carboxylic acids is 1. The number of rotatable bonds is 4. The monoisotopic (exact) mass is 340 g/mol. The van der Waals surface area contributed by atoms with Crippen molar-refractivity contribution in [2.24, 2.45) is 0 Å². The second kappa shape index (κ2) is 6.45. The first-order chi connectivity index (χ1) is 10.7. The van der Waals surface area contributed by atoms with Crippen molar-refractivity contribution in [3.05, 3.63) is 65.2 Å². The van der Waals surface area contributed by atoms with Crippen LogP contribution >= 0.6 is 0 Å². The second-order valence-corrected chi connectivity index (χ2v) is 6.97. The Morgan fingerprint density at radius 1 is 1.13 bits per heavy atom. The molecule has 0 saturated heterocycles. The molecular weight excluding hydrogens is 326 g/mol. The number of hydrogen-bond acceptors (Lipinski definition) is 4. The van der Waals surface area contributed by atoms with E-state index in [1.165, 1.54) is 37.3 Å². The first kappa shape index (κ1) is 17.1. The Kier molecular flexibility index (Phi) is 4.79. The predicted octanol–water partition coefficient (Wildman–Crippen LogP) is 3.29. The van der Waals surface area contributed by atoms with Gasteiger partial charge >= 0.3 is 5.97 Å². The number of esters is 1. The van der Waals surface area contributed by atoms with Gasteiger partial charge in [-0.1, -0.05) is 12.1 Å². The van der Waals surface area contributed by atoms with Gasteiger partial charge in [0.15, 0.2) is 9.84 Å². The first-order valence-corrected chi connectivity index (χ1v) is 8.54. The summed E-state index contributed by atoms with van der Waals surface area (Å²) in [5.74, 6) is -2.49. The Morgan fingerprint density at radius 2 is 1.78 bits per heavy atom. The molecule has 0 aliphatic carbocycles. The van der Waals surface area contributed by atoms with Crippen LogP contribution in [0.15, 0.2) is 47.4 Å². The van der Waals surface area contributed by atoms with Gasteiger partial charge in [-0.15, -0.1) is 0 Å². The fourth-order valence-electron chi connectivity index (χ4n) is 2.08. The average Bonchev–Trinajstić information content (AvgIpc) is 2.46. The lowest BCUT2D eigenvalue weighted by Crippen LogP contribution is -2.14. The lowest BCUT2D eigenvalue weighted by molar-refractivity contribution is 0.0326. The van der Waals surface area contributed by atoms with Gasteiger partial charge in [0, 0.05) is 17.9 Å². The Balaban J connectivity index is 2.29. The fraction of sp³-hybridized carbons (Fsp3) is 0.188. The highest BCUT2D eigenvalue weighted by molar-refractivity contribution is 7.90. The van der Waals surface area contributed by atoms with E-state index in [-0.39, 0.29) is 16.0 Å². The van der Waals surface area contributed by atoms with Crippen molar-refractivity contribution in [2.75, 3.05) is 6.26 Å². The van der Waals surface area contributed by atoms with Gasteiger partial charge in [0.1, 0.15) is 17.7 Å². The lowest BCUT2D eigenvalue weighted by atomic mass is 10.1. The molecule has 0 aliphatic heterocycles. The second-order valence-electron chi connectivity index (χ2n) is 4.98. The molecule has 7 heteroatoms. The molecule has 0 bridgehead atoms. The first-order valence-electron chi connectivity index (χ1n) is 6.65. The Morgan fingerprint density at radius 3 is 2.39 bits per heavy atom. The Bertz CT molecular complexity index is 847. The summed E-state index contributed by atoms with van der Waals surface area (Å²) in [6.45, 7) is 1.41.